The van der Waals surface area contributed by atoms with Gasteiger partial charge in [0.05, 0.1) is 12.0 Å². The molecule has 0 radical (unpaired) electrons. The van der Waals surface area contributed by atoms with Crippen LogP contribution >= 0.6 is 0 Å². The molecular weight excluding hydrogens is 354 g/mol. The summed E-state index contributed by atoms with van der Waals surface area (Å²) in [5.74, 6) is -1.33. The summed E-state index contributed by atoms with van der Waals surface area (Å²) in [5, 5.41) is 0. The van der Waals surface area contributed by atoms with Gasteiger partial charge in [0.15, 0.2) is 6.61 Å². The van der Waals surface area contributed by atoms with Crippen LogP contribution in [0.15, 0.2) is 48.5 Å². The molecule has 0 spiro atoms. The Hall–Kier alpha value is -2.95. The summed E-state index contributed by atoms with van der Waals surface area (Å²) in [4.78, 5) is 38.9. The predicted octanol–water partition coefficient (Wildman–Crippen LogP) is 3.64. The molecule has 0 saturated carbocycles. The highest BCUT2D eigenvalue weighted by atomic mass is 16.5. The van der Waals surface area contributed by atoms with E-state index >= 15 is 0 Å². The number of rotatable bonds is 6. The standard InChI is InChI=1S/C23H25NO4/c1-15-9-10-16(2)20(11-15)21(25)14-28-23(27)19-12-22(26)24(13-19)17(3)18-7-5-4-6-8-18/h4-11,17,19H,12-14H2,1-3H3/t17-,19+/m0/s1. The third kappa shape index (κ3) is 4.30. The van der Waals surface area contributed by atoms with E-state index in [1.54, 1.807) is 11.0 Å². The number of ether oxygens (including phenoxy) is 1. The van der Waals surface area contributed by atoms with Crippen molar-refractivity contribution in [2.24, 2.45) is 5.92 Å². The molecule has 2 aromatic rings. The van der Waals surface area contributed by atoms with E-state index in [2.05, 4.69) is 0 Å². The minimum absolute atomic E-state index is 0.0702. The summed E-state index contributed by atoms with van der Waals surface area (Å²) in [7, 11) is 0. The van der Waals surface area contributed by atoms with Gasteiger partial charge in [-0.1, -0.05) is 48.0 Å². The minimum atomic E-state index is -0.537. The smallest absolute Gasteiger partial charge is 0.311 e. The van der Waals surface area contributed by atoms with Gasteiger partial charge in [-0.05, 0) is 38.0 Å². The van der Waals surface area contributed by atoms with Gasteiger partial charge in [0.2, 0.25) is 11.7 Å². The van der Waals surface area contributed by atoms with Gasteiger partial charge in [0.1, 0.15) is 0 Å². The van der Waals surface area contributed by atoms with Crippen LogP contribution in [0.5, 0.6) is 0 Å². The summed E-state index contributed by atoms with van der Waals surface area (Å²) < 4.78 is 5.25. The number of ketones is 1. The highest BCUT2D eigenvalue weighted by molar-refractivity contribution is 5.99. The third-order valence-corrected chi connectivity index (χ3v) is 5.28. The van der Waals surface area contributed by atoms with E-state index < -0.39 is 11.9 Å². The number of likely N-dealkylation sites (tertiary alicyclic amines) is 1. The molecule has 5 heteroatoms. The first kappa shape index (κ1) is 19.8. The molecule has 1 fully saturated rings. The zero-order valence-electron chi connectivity index (χ0n) is 16.5. The lowest BCUT2D eigenvalue weighted by atomic mass is 10.0. The van der Waals surface area contributed by atoms with E-state index in [1.807, 2.05) is 63.2 Å². The Morgan fingerprint density at radius 1 is 1.14 bits per heavy atom. The Balaban J connectivity index is 1.59. The van der Waals surface area contributed by atoms with Crippen LogP contribution in [0.25, 0.3) is 0 Å². The summed E-state index contributed by atoms with van der Waals surface area (Å²) in [6, 6.07) is 15.2. The van der Waals surface area contributed by atoms with Crippen molar-refractivity contribution in [3.05, 3.63) is 70.8 Å². The lowest BCUT2D eigenvalue weighted by Crippen LogP contribution is -2.30. The van der Waals surface area contributed by atoms with E-state index in [4.69, 9.17) is 4.74 Å². The first-order valence-electron chi connectivity index (χ1n) is 9.48. The first-order chi connectivity index (χ1) is 13.4. The van der Waals surface area contributed by atoms with Gasteiger partial charge >= 0.3 is 5.97 Å². The van der Waals surface area contributed by atoms with Crippen LogP contribution in [-0.4, -0.2) is 35.7 Å². The highest BCUT2D eigenvalue weighted by Crippen LogP contribution is 2.29. The van der Waals surface area contributed by atoms with Crippen molar-refractivity contribution < 1.29 is 19.1 Å². The fraction of sp³-hybridized carbons (Fsp3) is 0.348. The molecule has 146 valence electrons. The number of hydrogen-bond donors (Lipinski definition) is 0. The zero-order valence-corrected chi connectivity index (χ0v) is 16.5. The van der Waals surface area contributed by atoms with Crippen LogP contribution in [0, 0.1) is 19.8 Å². The Labute approximate surface area is 165 Å². The van der Waals surface area contributed by atoms with E-state index in [0.717, 1.165) is 16.7 Å². The number of Topliss-reactive ketones (excluding diaryl/α,β-unsaturated/α-hetero) is 1. The minimum Gasteiger partial charge on any atom is -0.457 e. The summed E-state index contributed by atoms with van der Waals surface area (Å²) >= 11 is 0. The molecule has 1 amide bonds. The SMILES string of the molecule is Cc1ccc(C)c(C(=O)COC(=O)[C@@H]2CC(=O)N([C@@H](C)c3ccccc3)C2)c1. The van der Waals surface area contributed by atoms with Gasteiger partial charge in [0, 0.05) is 18.5 Å². The normalized spacial score (nSPS) is 17.5. The molecule has 1 heterocycles. The lowest BCUT2D eigenvalue weighted by molar-refractivity contribution is -0.147. The Bertz CT molecular complexity index is 891. The molecule has 2 aromatic carbocycles. The number of carbonyl (C=O) groups excluding carboxylic acids is 3. The molecule has 3 rings (SSSR count). The molecule has 0 aliphatic carbocycles. The van der Waals surface area contributed by atoms with Crippen LogP contribution in [-0.2, 0) is 14.3 Å². The summed E-state index contributed by atoms with van der Waals surface area (Å²) in [6.45, 7) is 5.72. The molecular formula is C23H25NO4. The number of carbonyl (C=O) groups is 3. The maximum absolute atomic E-state index is 12.4. The monoisotopic (exact) mass is 379 g/mol. The zero-order chi connectivity index (χ0) is 20.3. The van der Waals surface area contributed by atoms with Crippen LogP contribution in [0.1, 0.15) is 46.4 Å². The number of hydrogen-bond acceptors (Lipinski definition) is 4. The van der Waals surface area contributed by atoms with Gasteiger partial charge in [-0.2, -0.15) is 0 Å². The van der Waals surface area contributed by atoms with E-state index in [1.165, 1.54) is 0 Å². The Kier molecular flexibility index (Phi) is 5.93. The maximum Gasteiger partial charge on any atom is 0.311 e. The topological polar surface area (TPSA) is 63.7 Å². The fourth-order valence-corrected chi connectivity index (χ4v) is 3.54. The van der Waals surface area contributed by atoms with Crippen LogP contribution < -0.4 is 0 Å². The number of nitrogens with zero attached hydrogens (tertiary/aromatic N) is 1. The van der Waals surface area contributed by atoms with Crippen molar-refractivity contribution in [3.8, 4) is 0 Å². The average molecular weight is 379 g/mol. The van der Waals surface area contributed by atoms with Crippen LogP contribution in [0.2, 0.25) is 0 Å². The molecule has 2 atom stereocenters. The quantitative estimate of drug-likeness (QED) is 0.568. The summed E-state index contributed by atoms with van der Waals surface area (Å²) in [6.07, 6.45) is 0.119. The fourth-order valence-electron chi connectivity index (χ4n) is 3.54. The molecule has 0 unspecified atom stereocenters. The average Bonchev–Trinajstić information content (AvgIpc) is 3.09. The highest BCUT2D eigenvalue weighted by Gasteiger charge is 2.38. The maximum atomic E-state index is 12.4. The van der Waals surface area contributed by atoms with Gasteiger partial charge in [-0.15, -0.1) is 0 Å². The molecule has 0 aromatic heterocycles. The number of esters is 1. The molecule has 1 saturated heterocycles. The Morgan fingerprint density at radius 2 is 1.86 bits per heavy atom. The number of amides is 1. The lowest BCUT2D eigenvalue weighted by Gasteiger charge is -2.25. The van der Waals surface area contributed by atoms with Gasteiger partial charge < -0.3 is 9.64 Å². The third-order valence-electron chi connectivity index (χ3n) is 5.28. The number of benzene rings is 2. The molecule has 5 nitrogen and oxygen atoms in total. The summed E-state index contributed by atoms with van der Waals surface area (Å²) in [5.41, 5.74) is 3.42. The van der Waals surface area contributed by atoms with E-state index in [0.29, 0.717) is 12.1 Å². The molecule has 0 N–H and O–H groups in total. The van der Waals surface area contributed by atoms with Crippen molar-refractivity contribution in [1.82, 2.24) is 4.90 Å². The predicted molar refractivity (Wildman–Crippen MR) is 106 cm³/mol. The second-order valence-corrected chi connectivity index (χ2v) is 7.38. The Morgan fingerprint density at radius 3 is 2.57 bits per heavy atom. The van der Waals surface area contributed by atoms with Crippen molar-refractivity contribution in [2.45, 2.75) is 33.2 Å². The van der Waals surface area contributed by atoms with E-state index in [-0.39, 0.29) is 30.8 Å². The number of aryl methyl sites for hydroxylation is 2. The van der Waals surface area contributed by atoms with Crippen molar-refractivity contribution in [2.75, 3.05) is 13.2 Å². The van der Waals surface area contributed by atoms with Crippen molar-refractivity contribution in [3.63, 3.8) is 0 Å². The van der Waals surface area contributed by atoms with Gasteiger partial charge in [-0.25, -0.2) is 0 Å². The van der Waals surface area contributed by atoms with Crippen LogP contribution in [0.4, 0.5) is 0 Å². The van der Waals surface area contributed by atoms with Gasteiger partial charge in [0.25, 0.3) is 0 Å². The molecule has 28 heavy (non-hydrogen) atoms. The first-order valence-corrected chi connectivity index (χ1v) is 9.48. The van der Waals surface area contributed by atoms with E-state index in [9.17, 15) is 14.4 Å². The largest absolute Gasteiger partial charge is 0.457 e. The second-order valence-electron chi connectivity index (χ2n) is 7.38. The van der Waals surface area contributed by atoms with Crippen molar-refractivity contribution >= 4 is 17.7 Å². The molecule has 1 aliphatic rings. The van der Waals surface area contributed by atoms with Gasteiger partial charge in [-0.3, -0.25) is 14.4 Å². The van der Waals surface area contributed by atoms with Crippen LogP contribution in [0.3, 0.4) is 0 Å². The molecule has 0 bridgehead atoms. The second kappa shape index (κ2) is 8.38. The molecule has 1 aliphatic heterocycles. The van der Waals surface area contributed by atoms with Crippen molar-refractivity contribution in [1.29, 1.82) is 0 Å².